The van der Waals surface area contributed by atoms with Crippen LogP contribution in [0.15, 0.2) is 36.9 Å². The Kier molecular flexibility index (Phi) is 10.6. The first-order valence-electron chi connectivity index (χ1n) is 14.4. The Morgan fingerprint density at radius 2 is 1.85 bits per heavy atom. The van der Waals surface area contributed by atoms with Crippen LogP contribution < -0.4 is 10.6 Å². The topological polar surface area (TPSA) is 115 Å². The minimum Gasteiger partial charge on any atom is -0.445 e. The number of hydrogen-bond acceptors (Lipinski definition) is 6. The fourth-order valence-corrected chi connectivity index (χ4v) is 5.96. The van der Waals surface area contributed by atoms with Crippen molar-refractivity contribution >= 4 is 23.9 Å². The highest BCUT2D eigenvalue weighted by molar-refractivity contribution is 5.91. The molecule has 5 amide bonds. The van der Waals surface area contributed by atoms with Crippen LogP contribution in [-0.4, -0.2) is 95.8 Å². The van der Waals surface area contributed by atoms with Crippen molar-refractivity contribution in [2.45, 2.75) is 63.7 Å². The van der Waals surface area contributed by atoms with Crippen LogP contribution in [0.5, 0.6) is 0 Å². The average Bonchev–Trinajstić information content (AvgIpc) is 2.96. The maximum Gasteiger partial charge on any atom is 0.407 e. The van der Waals surface area contributed by atoms with Crippen LogP contribution in [-0.2, 0) is 20.9 Å². The summed E-state index contributed by atoms with van der Waals surface area (Å²) in [6, 6.07) is 4.72. The van der Waals surface area contributed by atoms with Crippen LogP contribution in [0.25, 0.3) is 0 Å². The Balaban J connectivity index is 1.50. The number of nitrogens with one attached hydrogen (secondary N) is 2. The third-order valence-corrected chi connectivity index (χ3v) is 7.96. The fourth-order valence-electron chi connectivity index (χ4n) is 5.96. The molecule has 1 saturated carbocycles. The third-order valence-electron chi connectivity index (χ3n) is 7.96. The van der Waals surface area contributed by atoms with E-state index in [0.29, 0.717) is 25.3 Å². The van der Waals surface area contributed by atoms with E-state index in [1.54, 1.807) is 29.1 Å². The number of carbonyl (C=O) groups excluding carboxylic acids is 4. The zero-order valence-electron chi connectivity index (χ0n) is 23.7. The molecule has 2 aliphatic heterocycles. The van der Waals surface area contributed by atoms with Gasteiger partial charge in [-0.15, -0.1) is 0 Å². The minimum absolute atomic E-state index is 0.0565. The van der Waals surface area contributed by atoms with E-state index < -0.39 is 24.3 Å². The Morgan fingerprint density at radius 1 is 1.12 bits per heavy atom. The maximum absolute atomic E-state index is 13.8. The summed E-state index contributed by atoms with van der Waals surface area (Å²) in [7, 11) is 1.68. The van der Waals surface area contributed by atoms with Crippen molar-refractivity contribution in [2.75, 3.05) is 39.8 Å². The Morgan fingerprint density at radius 3 is 2.56 bits per heavy atom. The number of piperazine rings is 1. The highest BCUT2D eigenvalue weighted by Gasteiger charge is 2.50. The van der Waals surface area contributed by atoms with E-state index in [4.69, 9.17) is 4.74 Å². The Labute approximate surface area is 240 Å². The molecule has 1 aliphatic carbocycles. The number of urea groups is 1. The van der Waals surface area contributed by atoms with Crippen molar-refractivity contribution in [1.82, 2.24) is 30.5 Å². The Hall–Kier alpha value is -3.67. The molecule has 2 saturated heterocycles. The smallest absolute Gasteiger partial charge is 0.407 e. The molecule has 41 heavy (non-hydrogen) atoms. The van der Waals surface area contributed by atoms with Gasteiger partial charge in [0.05, 0.1) is 13.1 Å². The number of hydrogen-bond donors (Lipinski definition) is 2. The molecular formula is C29H41FN6O5. The molecule has 0 bridgehead atoms. The number of amides is 5. The number of halogens is 1. The molecule has 0 radical (unpaired) electrons. The first kappa shape index (κ1) is 30.3. The zero-order chi connectivity index (χ0) is 29.4. The number of carbonyl (C=O) groups is 4. The van der Waals surface area contributed by atoms with E-state index in [2.05, 4.69) is 17.2 Å². The van der Waals surface area contributed by atoms with Gasteiger partial charge >= 0.3 is 12.1 Å². The largest absolute Gasteiger partial charge is 0.445 e. The molecule has 3 fully saturated rings. The van der Waals surface area contributed by atoms with Gasteiger partial charge in [-0.1, -0.05) is 44.1 Å². The molecule has 1 aromatic carbocycles. The molecule has 0 unspecified atom stereocenters. The number of alkyl carbamates (subject to hydrolysis) is 1. The van der Waals surface area contributed by atoms with E-state index in [9.17, 15) is 23.6 Å². The lowest BCUT2D eigenvalue weighted by Crippen LogP contribution is -2.76. The van der Waals surface area contributed by atoms with Gasteiger partial charge in [-0.25, -0.2) is 24.0 Å². The normalized spacial score (nSPS) is 21.9. The predicted octanol–water partition coefficient (Wildman–Crippen LogP) is 2.84. The van der Waals surface area contributed by atoms with Crippen molar-refractivity contribution in [3.8, 4) is 0 Å². The minimum atomic E-state index is -0.753. The summed E-state index contributed by atoms with van der Waals surface area (Å²) >= 11 is 0. The molecule has 12 heteroatoms. The summed E-state index contributed by atoms with van der Waals surface area (Å²) in [5.74, 6) is -0.316. The molecule has 0 aromatic heterocycles. The number of likely N-dealkylation sites (N-methyl/N-ethyl adjacent to an activating group) is 1. The zero-order valence-corrected chi connectivity index (χ0v) is 23.7. The highest BCUT2D eigenvalue weighted by atomic mass is 19.1. The van der Waals surface area contributed by atoms with Gasteiger partial charge in [0.25, 0.3) is 0 Å². The van der Waals surface area contributed by atoms with E-state index in [1.165, 1.54) is 29.6 Å². The first-order valence-corrected chi connectivity index (χ1v) is 14.4. The summed E-state index contributed by atoms with van der Waals surface area (Å²) < 4.78 is 18.3. The first-order chi connectivity index (χ1) is 19.8. The van der Waals surface area contributed by atoms with Gasteiger partial charge in [0.15, 0.2) is 0 Å². The number of ether oxygens (including phenoxy) is 1. The van der Waals surface area contributed by atoms with E-state index >= 15 is 0 Å². The summed E-state index contributed by atoms with van der Waals surface area (Å²) in [5.41, 5.74) is 0.738. The SMILES string of the molecule is C=CCOC(=O)NCCC[C@H]1C(=O)N(CC2CCCCC2)C[C@H]2N1C(=O)CN(C)N2C(=O)NCc1ccc(F)cc1. The van der Waals surface area contributed by atoms with Crippen molar-refractivity contribution in [3.05, 3.63) is 48.3 Å². The molecule has 11 nitrogen and oxygen atoms in total. The lowest BCUT2D eigenvalue weighted by Gasteiger charge is -2.55. The second kappa shape index (κ2) is 14.3. The molecule has 0 spiro atoms. The molecular weight excluding hydrogens is 531 g/mol. The van der Waals surface area contributed by atoms with Crippen molar-refractivity contribution in [3.63, 3.8) is 0 Å². The summed E-state index contributed by atoms with van der Waals surface area (Å²) in [6.07, 6.45) is 6.59. The van der Waals surface area contributed by atoms with Gasteiger partial charge in [0.1, 0.15) is 24.6 Å². The molecule has 2 atom stereocenters. The van der Waals surface area contributed by atoms with Gasteiger partial charge in [-0.3, -0.25) is 9.59 Å². The average molecular weight is 573 g/mol. The van der Waals surface area contributed by atoms with Gasteiger partial charge in [0.2, 0.25) is 11.8 Å². The lowest BCUT2D eigenvalue weighted by atomic mass is 9.88. The third kappa shape index (κ3) is 7.75. The van der Waals surface area contributed by atoms with Crippen LogP contribution in [0, 0.1) is 11.7 Å². The summed E-state index contributed by atoms with van der Waals surface area (Å²) in [6.45, 7) is 4.83. The predicted molar refractivity (Wildman–Crippen MR) is 149 cm³/mol. The van der Waals surface area contributed by atoms with Crippen LogP contribution in [0.3, 0.4) is 0 Å². The number of rotatable bonds is 10. The molecule has 2 N–H and O–H groups in total. The monoisotopic (exact) mass is 572 g/mol. The second-order valence-corrected chi connectivity index (χ2v) is 10.9. The van der Waals surface area contributed by atoms with Gasteiger partial charge in [0, 0.05) is 26.7 Å². The second-order valence-electron chi connectivity index (χ2n) is 10.9. The van der Waals surface area contributed by atoms with E-state index in [0.717, 1.165) is 31.2 Å². The van der Waals surface area contributed by atoms with E-state index in [-0.39, 0.29) is 50.4 Å². The molecule has 1 aromatic rings. The molecule has 4 rings (SSSR count). The van der Waals surface area contributed by atoms with Crippen LogP contribution >= 0.6 is 0 Å². The number of nitrogens with zero attached hydrogens (tertiary/aromatic N) is 4. The standard InChI is InChI=1S/C29H41FN6O5/c1-3-16-41-29(40)31-15-7-10-24-27(38)34(18-22-8-5-4-6-9-22)19-25-35(24)26(37)20-33(2)36(25)28(39)32-17-21-11-13-23(30)14-12-21/h3,11-14,22,24-25H,1,4-10,15-20H2,2H3,(H,31,40)(H,32,39)/t24-,25-/m0/s1. The van der Waals surface area contributed by atoms with Gasteiger partial charge < -0.3 is 25.2 Å². The van der Waals surface area contributed by atoms with Crippen molar-refractivity contribution in [2.24, 2.45) is 5.92 Å². The Bertz CT molecular complexity index is 1100. The number of fused-ring (bicyclic) bond motifs is 1. The van der Waals surface area contributed by atoms with E-state index in [1.807, 2.05) is 4.90 Å². The number of hydrazine groups is 1. The molecule has 2 heterocycles. The van der Waals surface area contributed by atoms with Gasteiger partial charge in [-0.2, -0.15) is 0 Å². The lowest BCUT2D eigenvalue weighted by molar-refractivity contribution is -0.188. The van der Waals surface area contributed by atoms with Crippen LogP contribution in [0.1, 0.15) is 50.5 Å². The number of benzene rings is 1. The molecule has 3 aliphatic rings. The van der Waals surface area contributed by atoms with Crippen molar-refractivity contribution in [1.29, 1.82) is 0 Å². The highest BCUT2D eigenvalue weighted by Crippen LogP contribution is 2.31. The maximum atomic E-state index is 13.8. The van der Waals surface area contributed by atoms with Crippen LogP contribution in [0.2, 0.25) is 0 Å². The molecule has 224 valence electrons. The summed E-state index contributed by atoms with van der Waals surface area (Å²) in [4.78, 5) is 55.8. The summed E-state index contributed by atoms with van der Waals surface area (Å²) in [5, 5.41) is 8.65. The fraction of sp³-hybridized carbons (Fsp3) is 0.586. The van der Waals surface area contributed by atoms with Crippen molar-refractivity contribution < 1.29 is 28.3 Å². The van der Waals surface area contributed by atoms with Crippen LogP contribution in [0.4, 0.5) is 14.0 Å². The van der Waals surface area contributed by atoms with Gasteiger partial charge in [-0.05, 0) is 49.3 Å². The quantitative estimate of drug-likeness (QED) is 0.329.